The summed E-state index contributed by atoms with van der Waals surface area (Å²) in [5.41, 5.74) is 0.0150. The highest BCUT2D eigenvalue weighted by Crippen LogP contribution is 2.41. The monoisotopic (exact) mass is 388 g/mol. The molecule has 1 unspecified atom stereocenters. The van der Waals surface area contributed by atoms with Crippen LogP contribution in [0.3, 0.4) is 0 Å². The van der Waals surface area contributed by atoms with Crippen molar-refractivity contribution in [1.82, 2.24) is 19.6 Å². The third kappa shape index (κ3) is 3.06. The lowest BCUT2D eigenvalue weighted by atomic mass is 9.78. The van der Waals surface area contributed by atoms with E-state index >= 15 is 0 Å². The molecule has 0 radical (unpaired) electrons. The van der Waals surface area contributed by atoms with E-state index < -0.39 is 17.0 Å². The van der Waals surface area contributed by atoms with Crippen molar-refractivity contribution >= 4 is 11.8 Å². The van der Waals surface area contributed by atoms with Gasteiger partial charge in [0.2, 0.25) is 5.91 Å². The maximum atomic E-state index is 14.0. The third-order valence-corrected chi connectivity index (χ3v) is 5.90. The van der Waals surface area contributed by atoms with E-state index in [0.717, 1.165) is 12.5 Å². The summed E-state index contributed by atoms with van der Waals surface area (Å²) in [5, 5.41) is 4.03. The van der Waals surface area contributed by atoms with Gasteiger partial charge in [-0.15, -0.1) is 0 Å². The van der Waals surface area contributed by atoms with E-state index in [4.69, 9.17) is 0 Å². The quantitative estimate of drug-likeness (QED) is 0.811. The zero-order chi connectivity index (χ0) is 19.9. The molecule has 4 rings (SSSR count). The van der Waals surface area contributed by atoms with Crippen LogP contribution in [-0.2, 0) is 18.4 Å². The van der Waals surface area contributed by atoms with Crippen LogP contribution in [0.25, 0.3) is 0 Å². The lowest BCUT2D eigenvalue weighted by Gasteiger charge is -2.39. The molecule has 1 spiro atoms. The second-order valence-corrected chi connectivity index (χ2v) is 7.64. The zero-order valence-corrected chi connectivity index (χ0v) is 15.7. The van der Waals surface area contributed by atoms with Gasteiger partial charge in [-0.2, -0.15) is 5.10 Å². The summed E-state index contributed by atoms with van der Waals surface area (Å²) in [6.07, 6.45) is 3.62. The van der Waals surface area contributed by atoms with Crippen molar-refractivity contribution in [3.8, 4) is 0 Å². The fraction of sp³-hybridized carbons (Fsp3) is 0.450. The molecule has 2 fully saturated rings. The number of nitrogens with zero attached hydrogens (tertiary/aromatic N) is 4. The lowest BCUT2D eigenvalue weighted by Crippen LogP contribution is -2.50. The van der Waals surface area contributed by atoms with Crippen LogP contribution < -0.4 is 0 Å². The number of carbonyl (C=O) groups excluding carboxylic acids is 2. The summed E-state index contributed by atoms with van der Waals surface area (Å²) in [5.74, 6) is -2.04. The van der Waals surface area contributed by atoms with Crippen molar-refractivity contribution in [3.05, 3.63) is 53.4 Å². The van der Waals surface area contributed by atoms with E-state index in [1.54, 1.807) is 29.1 Å². The van der Waals surface area contributed by atoms with E-state index in [-0.39, 0.29) is 23.9 Å². The van der Waals surface area contributed by atoms with Gasteiger partial charge in [-0.3, -0.25) is 14.3 Å². The Morgan fingerprint density at radius 1 is 1.21 bits per heavy atom. The van der Waals surface area contributed by atoms with Gasteiger partial charge in [0.05, 0.1) is 5.41 Å². The van der Waals surface area contributed by atoms with E-state index in [0.29, 0.717) is 38.2 Å². The molecule has 1 atom stereocenters. The smallest absolute Gasteiger partial charge is 0.272 e. The van der Waals surface area contributed by atoms with Gasteiger partial charge < -0.3 is 9.80 Å². The molecule has 2 amide bonds. The van der Waals surface area contributed by atoms with Crippen LogP contribution in [0.15, 0.2) is 30.5 Å². The molecule has 0 saturated carbocycles. The maximum absolute atomic E-state index is 14.0. The van der Waals surface area contributed by atoms with Gasteiger partial charge in [-0.05, 0) is 31.4 Å². The highest BCUT2D eigenvalue weighted by atomic mass is 19.2. The average molecular weight is 388 g/mol. The number of amides is 2. The highest BCUT2D eigenvalue weighted by Gasteiger charge is 2.49. The largest absolute Gasteiger partial charge is 0.338 e. The van der Waals surface area contributed by atoms with Crippen molar-refractivity contribution < 1.29 is 18.4 Å². The molecule has 28 heavy (non-hydrogen) atoms. The Morgan fingerprint density at radius 2 is 2.04 bits per heavy atom. The Balaban J connectivity index is 1.51. The molecule has 1 aromatic heterocycles. The van der Waals surface area contributed by atoms with Crippen LogP contribution in [-0.4, -0.2) is 51.0 Å². The van der Waals surface area contributed by atoms with Crippen molar-refractivity contribution in [2.24, 2.45) is 12.5 Å². The van der Waals surface area contributed by atoms with Gasteiger partial charge in [0.25, 0.3) is 5.91 Å². The lowest BCUT2D eigenvalue weighted by molar-refractivity contribution is -0.146. The number of rotatable bonds is 3. The van der Waals surface area contributed by atoms with Gasteiger partial charge in [-0.1, -0.05) is 12.1 Å². The molecule has 2 aliphatic rings. The van der Waals surface area contributed by atoms with Gasteiger partial charge >= 0.3 is 0 Å². The number of carbonyl (C=O) groups is 2. The van der Waals surface area contributed by atoms with E-state index in [1.165, 1.54) is 16.8 Å². The van der Waals surface area contributed by atoms with Crippen molar-refractivity contribution in [1.29, 1.82) is 0 Å². The molecule has 0 bridgehead atoms. The van der Waals surface area contributed by atoms with E-state index in [9.17, 15) is 18.4 Å². The van der Waals surface area contributed by atoms with Crippen molar-refractivity contribution in [2.45, 2.75) is 25.8 Å². The van der Waals surface area contributed by atoms with Crippen LogP contribution in [0.1, 0.15) is 35.3 Å². The van der Waals surface area contributed by atoms with Gasteiger partial charge in [0.15, 0.2) is 11.6 Å². The van der Waals surface area contributed by atoms with Gasteiger partial charge in [0, 0.05) is 45.0 Å². The molecule has 8 heteroatoms. The number of piperidine rings is 1. The maximum Gasteiger partial charge on any atom is 0.272 e. The minimum Gasteiger partial charge on any atom is -0.338 e. The second-order valence-electron chi connectivity index (χ2n) is 7.64. The number of halogens is 2. The molecular weight excluding hydrogens is 366 g/mol. The van der Waals surface area contributed by atoms with Crippen molar-refractivity contribution in [3.63, 3.8) is 0 Å². The van der Waals surface area contributed by atoms with Gasteiger partial charge in [0.1, 0.15) is 5.69 Å². The van der Waals surface area contributed by atoms with E-state index in [2.05, 4.69) is 5.10 Å². The summed E-state index contributed by atoms with van der Waals surface area (Å²) in [6, 6.07) is 5.67. The number of likely N-dealkylation sites (tertiary alicyclic amines) is 2. The average Bonchev–Trinajstić information content (AvgIpc) is 3.30. The topological polar surface area (TPSA) is 58.4 Å². The number of aryl methyl sites for hydroxylation is 1. The molecule has 2 aliphatic heterocycles. The minimum absolute atomic E-state index is 0.0415. The Labute approximate surface area is 161 Å². The summed E-state index contributed by atoms with van der Waals surface area (Å²) in [7, 11) is 1.71. The van der Waals surface area contributed by atoms with Gasteiger partial charge in [-0.25, -0.2) is 8.78 Å². The Hall–Kier alpha value is -2.77. The van der Waals surface area contributed by atoms with Crippen LogP contribution in [0.4, 0.5) is 8.78 Å². The first-order valence-electron chi connectivity index (χ1n) is 9.41. The Bertz CT molecular complexity index is 929. The highest BCUT2D eigenvalue weighted by molar-refractivity contribution is 5.94. The third-order valence-electron chi connectivity index (χ3n) is 5.90. The molecule has 3 heterocycles. The number of benzene rings is 1. The first-order chi connectivity index (χ1) is 13.4. The van der Waals surface area contributed by atoms with Crippen LogP contribution >= 0.6 is 0 Å². The molecule has 0 N–H and O–H groups in total. The predicted molar refractivity (Wildman–Crippen MR) is 97.2 cm³/mol. The van der Waals surface area contributed by atoms with E-state index in [1.807, 2.05) is 0 Å². The second kappa shape index (κ2) is 7.00. The first-order valence-corrected chi connectivity index (χ1v) is 9.41. The SMILES string of the molecule is Cn1nccc1C(=O)N1CCC2(CCCN(Cc3cccc(F)c3F)C2=O)C1. The molecule has 2 aromatic rings. The summed E-state index contributed by atoms with van der Waals surface area (Å²) >= 11 is 0. The summed E-state index contributed by atoms with van der Waals surface area (Å²) in [4.78, 5) is 29.3. The standard InChI is InChI=1S/C20H22F2N4O2/c1-24-16(6-9-23-24)18(27)26-11-8-20(13-26)7-3-10-25(19(20)28)12-14-4-2-5-15(21)17(14)22/h2,4-6,9H,3,7-8,10-13H2,1H3. The number of hydrogen-bond donors (Lipinski definition) is 0. The number of aromatic nitrogens is 2. The molecule has 148 valence electrons. The molecule has 2 saturated heterocycles. The molecular formula is C20H22F2N4O2. The zero-order valence-electron chi connectivity index (χ0n) is 15.7. The summed E-state index contributed by atoms with van der Waals surface area (Å²) in [6.45, 7) is 1.39. The Morgan fingerprint density at radius 3 is 2.79 bits per heavy atom. The normalized spacial score (nSPS) is 22.3. The molecule has 1 aromatic carbocycles. The molecule has 0 aliphatic carbocycles. The first kappa shape index (κ1) is 18.6. The van der Waals surface area contributed by atoms with Crippen molar-refractivity contribution in [2.75, 3.05) is 19.6 Å². The minimum atomic E-state index is -0.912. The van der Waals surface area contributed by atoms with Crippen LogP contribution in [0.2, 0.25) is 0 Å². The fourth-order valence-corrected chi connectivity index (χ4v) is 4.35. The van der Waals surface area contributed by atoms with Crippen LogP contribution in [0.5, 0.6) is 0 Å². The summed E-state index contributed by atoms with van der Waals surface area (Å²) < 4.78 is 29.1. The van der Waals surface area contributed by atoms with Crippen LogP contribution in [0, 0.1) is 17.0 Å². The number of hydrogen-bond acceptors (Lipinski definition) is 3. The molecule has 6 nitrogen and oxygen atoms in total. The Kier molecular flexibility index (Phi) is 4.64. The predicted octanol–water partition coefficient (Wildman–Crippen LogP) is 2.35. The fourth-order valence-electron chi connectivity index (χ4n) is 4.35.